The Labute approximate surface area is 90.1 Å². The molecule has 4 heteroatoms. The number of hydrogen-bond acceptors (Lipinski definition) is 2. The molecular weight excluding hydrogens is 194 g/mol. The summed E-state index contributed by atoms with van der Waals surface area (Å²) in [6, 6.07) is 6.00. The summed E-state index contributed by atoms with van der Waals surface area (Å²) >= 11 is 5.10. The van der Waals surface area contributed by atoms with Crippen molar-refractivity contribution in [2.45, 2.75) is 13.5 Å². The molecule has 14 heavy (non-hydrogen) atoms. The number of aromatic nitrogens is 1. The molecule has 1 rings (SSSR count). The molecule has 0 atom stereocenters. The lowest BCUT2D eigenvalue weighted by atomic mass is 10.3. The maximum Gasteiger partial charge on any atom is 0.168 e. The predicted molar refractivity (Wildman–Crippen MR) is 62.1 cm³/mol. The summed E-state index contributed by atoms with van der Waals surface area (Å²) in [5, 5.41) is 3.66. The predicted octanol–water partition coefficient (Wildman–Crippen LogP) is 1.33. The lowest BCUT2D eigenvalue weighted by Gasteiger charge is -2.18. The van der Waals surface area contributed by atoms with Crippen molar-refractivity contribution in [3.05, 3.63) is 29.6 Å². The zero-order valence-corrected chi connectivity index (χ0v) is 9.56. The Kier molecular flexibility index (Phi) is 3.83. The number of thiocarbonyl (C=S) groups is 1. The Morgan fingerprint density at radius 1 is 1.57 bits per heavy atom. The van der Waals surface area contributed by atoms with Gasteiger partial charge in [0.2, 0.25) is 0 Å². The average Bonchev–Trinajstić information content (AvgIpc) is 2.16. The summed E-state index contributed by atoms with van der Waals surface area (Å²) < 4.78 is 0. The van der Waals surface area contributed by atoms with Gasteiger partial charge in [0, 0.05) is 19.8 Å². The van der Waals surface area contributed by atoms with Gasteiger partial charge in [0.05, 0.1) is 12.2 Å². The molecule has 1 N–H and O–H groups in total. The first-order valence-corrected chi connectivity index (χ1v) is 4.89. The number of rotatable bonds is 2. The van der Waals surface area contributed by atoms with E-state index in [9.17, 15) is 0 Å². The number of pyridine rings is 1. The fourth-order valence-corrected chi connectivity index (χ4v) is 1.26. The molecule has 0 aliphatic carbocycles. The molecule has 0 saturated carbocycles. The van der Waals surface area contributed by atoms with E-state index in [4.69, 9.17) is 12.2 Å². The average molecular weight is 209 g/mol. The highest BCUT2D eigenvalue weighted by Crippen LogP contribution is 2.01. The summed E-state index contributed by atoms with van der Waals surface area (Å²) in [5.74, 6) is 0. The van der Waals surface area contributed by atoms with E-state index >= 15 is 0 Å². The minimum absolute atomic E-state index is 0.730. The van der Waals surface area contributed by atoms with Gasteiger partial charge in [0.1, 0.15) is 0 Å². The van der Waals surface area contributed by atoms with Crippen LogP contribution in [0.1, 0.15) is 11.4 Å². The number of hydrogen-bond donors (Lipinski definition) is 1. The van der Waals surface area contributed by atoms with E-state index < -0.39 is 0 Å². The Morgan fingerprint density at radius 3 is 2.86 bits per heavy atom. The van der Waals surface area contributed by atoms with Gasteiger partial charge in [-0.1, -0.05) is 6.07 Å². The van der Waals surface area contributed by atoms with Crippen molar-refractivity contribution in [2.24, 2.45) is 0 Å². The van der Waals surface area contributed by atoms with Crippen LogP contribution < -0.4 is 5.32 Å². The summed E-state index contributed by atoms with van der Waals surface area (Å²) in [7, 11) is 3.77. The Hall–Kier alpha value is -1.16. The van der Waals surface area contributed by atoms with E-state index in [0.717, 1.165) is 23.0 Å². The molecule has 76 valence electrons. The zero-order chi connectivity index (χ0) is 10.6. The molecule has 1 aromatic heterocycles. The Morgan fingerprint density at radius 2 is 2.29 bits per heavy atom. The lowest BCUT2D eigenvalue weighted by Crippen LogP contribution is -2.34. The molecule has 0 aromatic carbocycles. The molecule has 1 heterocycles. The second-order valence-corrected chi connectivity index (χ2v) is 3.57. The van der Waals surface area contributed by atoms with Crippen LogP contribution in [0.15, 0.2) is 18.2 Å². The smallest absolute Gasteiger partial charge is 0.168 e. The van der Waals surface area contributed by atoms with Crippen LogP contribution in [0.2, 0.25) is 0 Å². The van der Waals surface area contributed by atoms with Crippen molar-refractivity contribution in [3.63, 3.8) is 0 Å². The molecule has 1 aromatic rings. The van der Waals surface area contributed by atoms with E-state index in [-0.39, 0.29) is 0 Å². The van der Waals surface area contributed by atoms with E-state index in [0.29, 0.717) is 0 Å². The van der Waals surface area contributed by atoms with E-state index in [2.05, 4.69) is 10.3 Å². The maximum absolute atomic E-state index is 5.10. The number of aryl methyl sites for hydroxylation is 1. The maximum atomic E-state index is 5.10. The molecule has 0 aliphatic rings. The van der Waals surface area contributed by atoms with Crippen molar-refractivity contribution in [1.29, 1.82) is 0 Å². The first kappa shape index (κ1) is 10.9. The van der Waals surface area contributed by atoms with Gasteiger partial charge in [-0.25, -0.2) is 0 Å². The highest BCUT2D eigenvalue weighted by atomic mass is 32.1. The van der Waals surface area contributed by atoms with Crippen molar-refractivity contribution in [2.75, 3.05) is 14.1 Å². The highest BCUT2D eigenvalue weighted by molar-refractivity contribution is 7.80. The van der Waals surface area contributed by atoms with Crippen LogP contribution in [-0.2, 0) is 6.54 Å². The molecular formula is C10H15N3S. The molecule has 0 spiro atoms. The minimum Gasteiger partial charge on any atom is -0.366 e. The van der Waals surface area contributed by atoms with Gasteiger partial charge in [-0.3, -0.25) is 4.98 Å². The Bertz CT molecular complexity index is 325. The van der Waals surface area contributed by atoms with Gasteiger partial charge in [-0.2, -0.15) is 0 Å². The van der Waals surface area contributed by atoms with E-state index in [1.54, 1.807) is 0 Å². The van der Waals surface area contributed by atoms with Gasteiger partial charge in [-0.05, 0) is 31.3 Å². The Balaban J connectivity index is 2.64. The highest BCUT2D eigenvalue weighted by Gasteiger charge is 2.03. The fraction of sp³-hybridized carbons (Fsp3) is 0.400. The third kappa shape index (κ3) is 2.96. The van der Waals surface area contributed by atoms with Crippen LogP contribution in [0.25, 0.3) is 0 Å². The molecule has 3 nitrogen and oxygen atoms in total. The largest absolute Gasteiger partial charge is 0.366 e. The summed E-state index contributed by atoms with van der Waals surface area (Å²) in [4.78, 5) is 6.36. The molecule has 0 amide bonds. The minimum atomic E-state index is 0.730. The van der Waals surface area contributed by atoms with Crippen molar-refractivity contribution >= 4 is 17.3 Å². The molecule has 0 bridgehead atoms. The van der Waals surface area contributed by atoms with E-state index in [1.807, 2.05) is 44.1 Å². The normalized spacial score (nSPS) is 9.64. The third-order valence-corrected chi connectivity index (χ3v) is 2.42. The monoisotopic (exact) mass is 209 g/mol. The molecule has 0 aliphatic heterocycles. The van der Waals surface area contributed by atoms with Gasteiger partial charge in [0.25, 0.3) is 0 Å². The van der Waals surface area contributed by atoms with Gasteiger partial charge >= 0.3 is 0 Å². The second kappa shape index (κ2) is 4.91. The van der Waals surface area contributed by atoms with Gasteiger partial charge in [-0.15, -0.1) is 0 Å². The number of nitrogens with zero attached hydrogens (tertiary/aromatic N) is 2. The zero-order valence-electron chi connectivity index (χ0n) is 8.74. The van der Waals surface area contributed by atoms with Crippen molar-refractivity contribution in [1.82, 2.24) is 15.2 Å². The van der Waals surface area contributed by atoms with E-state index in [1.165, 1.54) is 0 Å². The lowest BCUT2D eigenvalue weighted by molar-refractivity contribution is 0.486. The molecule has 0 fully saturated rings. The van der Waals surface area contributed by atoms with Crippen LogP contribution in [0.3, 0.4) is 0 Å². The second-order valence-electron chi connectivity index (χ2n) is 3.18. The van der Waals surface area contributed by atoms with Crippen LogP contribution in [0.4, 0.5) is 0 Å². The van der Waals surface area contributed by atoms with Crippen LogP contribution in [-0.4, -0.2) is 29.1 Å². The van der Waals surface area contributed by atoms with Crippen LogP contribution >= 0.6 is 12.2 Å². The first-order valence-electron chi connectivity index (χ1n) is 4.49. The SMILES string of the molecule is CNC(=S)N(C)Cc1cccc(C)n1. The summed E-state index contributed by atoms with van der Waals surface area (Å²) in [6.45, 7) is 2.72. The number of nitrogens with one attached hydrogen (secondary N) is 1. The van der Waals surface area contributed by atoms with Crippen LogP contribution in [0, 0.1) is 6.92 Å². The quantitative estimate of drug-likeness (QED) is 0.744. The third-order valence-electron chi connectivity index (χ3n) is 1.91. The molecule has 0 saturated heterocycles. The van der Waals surface area contributed by atoms with Crippen LogP contribution in [0.5, 0.6) is 0 Å². The van der Waals surface area contributed by atoms with Crippen molar-refractivity contribution < 1.29 is 0 Å². The topological polar surface area (TPSA) is 28.2 Å². The standard InChI is InChI=1S/C10H15N3S/c1-8-5-4-6-9(12-8)7-13(3)10(14)11-2/h4-6H,7H2,1-3H3,(H,11,14). The molecule has 0 unspecified atom stereocenters. The first-order chi connectivity index (χ1) is 6.63. The molecule has 0 radical (unpaired) electrons. The fourth-order valence-electron chi connectivity index (χ4n) is 1.19. The summed E-state index contributed by atoms with van der Waals surface area (Å²) in [5.41, 5.74) is 2.07. The van der Waals surface area contributed by atoms with Gasteiger partial charge in [0.15, 0.2) is 5.11 Å². The van der Waals surface area contributed by atoms with Crippen molar-refractivity contribution in [3.8, 4) is 0 Å². The van der Waals surface area contributed by atoms with Gasteiger partial charge < -0.3 is 10.2 Å². The summed E-state index contributed by atoms with van der Waals surface area (Å²) in [6.07, 6.45) is 0.